The average molecular weight is 313 g/mol. The molecule has 0 saturated carbocycles. The standard InChI is InChI=1S/C14H21ClN4O2/c1-9(2)11-7-10(8-12(15)18-11)13(20)16-5-6-17-14(21)19(3)4/h7-9H,5-6H2,1-4H3,(H,16,20)(H,17,21). The lowest BCUT2D eigenvalue weighted by Crippen LogP contribution is -2.39. The van der Waals surface area contributed by atoms with Gasteiger partial charge in [-0.15, -0.1) is 0 Å². The molecule has 0 radical (unpaired) electrons. The lowest BCUT2D eigenvalue weighted by atomic mass is 10.1. The van der Waals surface area contributed by atoms with E-state index in [0.717, 1.165) is 5.69 Å². The van der Waals surface area contributed by atoms with Gasteiger partial charge in [-0.2, -0.15) is 0 Å². The first-order chi connectivity index (χ1) is 9.81. The number of rotatable bonds is 5. The molecule has 0 aliphatic heterocycles. The van der Waals surface area contributed by atoms with Crippen molar-refractivity contribution in [3.8, 4) is 0 Å². The van der Waals surface area contributed by atoms with E-state index in [1.165, 1.54) is 11.0 Å². The molecule has 0 aromatic carbocycles. The van der Waals surface area contributed by atoms with E-state index >= 15 is 0 Å². The van der Waals surface area contributed by atoms with Crippen molar-refractivity contribution in [2.75, 3.05) is 27.2 Å². The summed E-state index contributed by atoms with van der Waals surface area (Å²) in [5, 5.41) is 5.69. The van der Waals surface area contributed by atoms with Gasteiger partial charge in [0, 0.05) is 38.4 Å². The van der Waals surface area contributed by atoms with E-state index in [-0.39, 0.29) is 17.9 Å². The highest BCUT2D eigenvalue weighted by molar-refractivity contribution is 6.29. The second-order valence-corrected chi connectivity index (χ2v) is 5.53. The summed E-state index contributed by atoms with van der Waals surface area (Å²) in [6, 6.07) is 3.06. The maximum atomic E-state index is 12.0. The summed E-state index contributed by atoms with van der Waals surface area (Å²) in [5.74, 6) is -0.0464. The quantitative estimate of drug-likeness (QED) is 0.644. The highest BCUT2D eigenvalue weighted by atomic mass is 35.5. The number of amides is 3. The van der Waals surface area contributed by atoms with Crippen LogP contribution in [-0.2, 0) is 0 Å². The number of hydrogen-bond acceptors (Lipinski definition) is 3. The van der Waals surface area contributed by atoms with E-state index in [9.17, 15) is 9.59 Å². The molecule has 0 bridgehead atoms. The second-order valence-electron chi connectivity index (χ2n) is 5.14. The third-order valence-electron chi connectivity index (χ3n) is 2.76. The minimum atomic E-state index is -0.236. The van der Waals surface area contributed by atoms with Gasteiger partial charge in [0.05, 0.1) is 0 Å². The third-order valence-corrected chi connectivity index (χ3v) is 2.95. The zero-order valence-corrected chi connectivity index (χ0v) is 13.5. The Balaban J connectivity index is 2.54. The summed E-state index contributed by atoms with van der Waals surface area (Å²) in [4.78, 5) is 28.9. The van der Waals surface area contributed by atoms with Gasteiger partial charge in [0.25, 0.3) is 5.91 Å². The number of halogens is 1. The van der Waals surface area contributed by atoms with Crippen molar-refractivity contribution in [3.05, 3.63) is 28.5 Å². The second kappa shape index (κ2) is 7.83. The van der Waals surface area contributed by atoms with Crippen molar-refractivity contribution in [1.29, 1.82) is 0 Å². The van der Waals surface area contributed by atoms with E-state index in [0.29, 0.717) is 23.8 Å². The summed E-state index contributed by atoms with van der Waals surface area (Å²) in [7, 11) is 3.31. The Morgan fingerprint density at radius 1 is 1.24 bits per heavy atom. The zero-order chi connectivity index (χ0) is 16.0. The number of aromatic nitrogens is 1. The summed E-state index contributed by atoms with van der Waals surface area (Å²) < 4.78 is 0. The Morgan fingerprint density at radius 3 is 2.43 bits per heavy atom. The largest absolute Gasteiger partial charge is 0.350 e. The van der Waals surface area contributed by atoms with Gasteiger partial charge in [0.15, 0.2) is 0 Å². The number of urea groups is 1. The molecule has 0 saturated heterocycles. The van der Waals surface area contributed by atoms with E-state index in [1.807, 2.05) is 13.8 Å². The van der Waals surface area contributed by atoms with Crippen molar-refractivity contribution in [2.45, 2.75) is 19.8 Å². The van der Waals surface area contributed by atoms with Gasteiger partial charge in [-0.3, -0.25) is 4.79 Å². The predicted octanol–water partition coefficient (Wildman–Crippen LogP) is 1.86. The normalized spacial score (nSPS) is 10.4. The van der Waals surface area contributed by atoms with Crippen LogP contribution in [0.25, 0.3) is 0 Å². The molecular formula is C14H21ClN4O2. The average Bonchev–Trinajstić information content (AvgIpc) is 2.42. The molecule has 1 aromatic rings. The Bertz CT molecular complexity index is 518. The summed E-state index contributed by atoms with van der Waals surface area (Å²) in [6.45, 7) is 4.67. The molecule has 1 aromatic heterocycles. The molecular weight excluding hydrogens is 292 g/mol. The van der Waals surface area contributed by atoms with Gasteiger partial charge >= 0.3 is 6.03 Å². The number of nitrogens with one attached hydrogen (secondary N) is 2. The van der Waals surface area contributed by atoms with Crippen LogP contribution in [0.3, 0.4) is 0 Å². The van der Waals surface area contributed by atoms with Crippen LogP contribution in [0.1, 0.15) is 35.8 Å². The van der Waals surface area contributed by atoms with Gasteiger partial charge < -0.3 is 15.5 Å². The van der Waals surface area contributed by atoms with Crippen molar-refractivity contribution in [2.24, 2.45) is 0 Å². The molecule has 1 heterocycles. The van der Waals surface area contributed by atoms with Crippen LogP contribution in [0, 0.1) is 0 Å². The molecule has 3 amide bonds. The van der Waals surface area contributed by atoms with E-state index in [2.05, 4.69) is 15.6 Å². The number of pyridine rings is 1. The fraction of sp³-hybridized carbons (Fsp3) is 0.500. The number of nitrogens with zero attached hydrogens (tertiary/aromatic N) is 2. The van der Waals surface area contributed by atoms with E-state index in [4.69, 9.17) is 11.6 Å². The van der Waals surface area contributed by atoms with Crippen LogP contribution < -0.4 is 10.6 Å². The smallest absolute Gasteiger partial charge is 0.316 e. The molecule has 1 rings (SSSR count). The number of hydrogen-bond donors (Lipinski definition) is 2. The highest BCUT2D eigenvalue weighted by Crippen LogP contribution is 2.17. The monoisotopic (exact) mass is 312 g/mol. The maximum Gasteiger partial charge on any atom is 0.316 e. The van der Waals surface area contributed by atoms with Crippen molar-refractivity contribution < 1.29 is 9.59 Å². The molecule has 0 fully saturated rings. The first-order valence-electron chi connectivity index (χ1n) is 6.72. The first-order valence-corrected chi connectivity index (χ1v) is 7.10. The lowest BCUT2D eigenvalue weighted by Gasteiger charge is -2.12. The topological polar surface area (TPSA) is 74.3 Å². The third kappa shape index (κ3) is 5.59. The van der Waals surface area contributed by atoms with E-state index < -0.39 is 0 Å². The van der Waals surface area contributed by atoms with Crippen molar-refractivity contribution >= 4 is 23.5 Å². The molecule has 21 heavy (non-hydrogen) atoms. The fourth-order valence-electron chi connectivity index (χ4n) is 1.55. The fourth-order valence-corrected chi connectivity index (χ4v) is 1.76. The number of carbonyl (C=O) groups excluding carboxylic acids is 2. The molecule has 0 unspecified atom stereocenters. The molecule has 0 aliphatic rings. The minimum Gasteiger partial charge on any atom is -0.350 e. The van der Waals surface area contributed by atoms with Gasteiger partial charge in [-0.1, -0.05) is 25.4 Å². The predicted molar refractivity (Wildman–Crippen MR) is 82.8 cm³/mol. The molecule has 2 N–H and O–H groups in total. The van der Waals surface area contributed by atoms with Gasteiger partial charge in [0.1, 0.15) is 5.15 Å². The minimum absolute atomic E-state index is 0.189. The summed E-state index contributed by atoms with van der Waals surface area (Å²) in [5.41, 5.74) is 1.24. The van der Waals surface area contributed by atoms with Crippen LogP contribution in [0.4, 0.5) is 4.79 Å². The lowest BCUT2D eigenvalue weighted by molar-refractivity contribution is 0.0953. The Kier molecular flexibility index (Phi) is 6.42. The Morgan fingerprint density at radius 2 is 1.86 bits per heavy atom. The SMILES string of the molecule is CC(C)c1cc(C(=O)NCCNC(=O)N(C)C)cc(Cl)n1. The van der Waals surface area contributed by atoms with Crippen LogP contribution in [0.2, 0.25) is 5.15 Å². The Hall–Kier alpha value is -1.82. The molecule has 0 atom stereocenters. The summed E-state index contributed by atoms with van der Waals surface area (Å²) in [6.07, 6.45) is 0. The van der Waals surface area contributed by atoms with Crippen LogP contribution in [0.15, 0.2) is 12.1 Å². The maximum absolute atomic E-state index is 12.0. The molecule has 0 aliphatic carbocycles. The summed E-state index contributed by atoms with van der Waals surface area (Å²) >= 11 is 5.92. The van der Waals surface area contributed by atoms with Crippen molar-refractivity contribution in [3.63, 3.8) is 0 Å². The molecule has 6 nitrogen and oxygen atoms in total. The van der Waals surface area contributed by atoms with Crippen LogP contribution in [0.5, 0.6) is 0 Å². The van der Waals surface area contributed by atoms with Gasteiger partial charge in [-0.25, -0.2) is 9.78 Å². The number of carbonyl (C=O) groups is 2. The zero-order valence-electron chi connectivity index (χ0n) is 12.7. The molecule has 7 heteroatoms. The van der Waals surface area contributed by atoms with Crippen LogP contribution >= 0.6 is 11.6 Å². The Labute approximate surface area is 129 Å². The van der Waals surface area contributed by atoms with Gasteiger partial charge in [-0.05, 0) is 18.1 Å². The molecule has 116 valence electrons. The first kappa shape index (κ1) is 17.2. The molecule has 0 spiro atoms. The van der Waals surface area contributed by atoms with Gasteiger partial charge in [0.2, 0.25) is 0 Å². The highest BCUT2D eigenvalue weighted by Gasteiger charge is 2.11. The van der Waals surface area contributed by atoms with Crippen LogP contribution in [-0.4, -0.2) is 49.0 Å². The van der Waals surface area contributed by atoms with Crippen molar-refractivity contribution in [1.82, 2.24) is 20.5 Å². The van der Waals surface area contributed by atoms with E-state index in [1.54, 1.807) is 20.2 Å².